The molecule has 0 spiro atoms. The van der Waals surface area contributed by atoms with Crippen molar-refractivity contribution in [2.75, 3.05) is 27.2 Å². The Hall–Kier alpha value is -1.20. The topological polar surface area (TPSA) is 69.6 Å². The second-order valence-electron chi connectivity index (χ2n) is 9.18. The van der Waals surface area contributed by atoms with Gasteiger partial charge in [-0.3, -0.25) is 9.59 Å². The van der Waals surface area contributed by atoms with Crippen LogP contribution in [-0.4, -0.2) is 55.0 Å². The number of unbranched alkanes of at least 4 members (excludes halogenated alkanes) is 5. The Balaban J connectivity index is 2.15. The number of amides is 1. The van der Waals surface area contributed by atoms with Crippen LogP contribution in [0.2, 0.25) is 0 Å². The molecule has 1 amide bonds. The molecule has 174 valence electrons. The van der Waals surface area contributed by atoms with Gasteiger partial charge < -0.3 is 15.3 Å². The molecule has 2 N–H and O–H groups in total. The summed E-state index contributed by atoms with van der Waals surface area (Å²) in [7, 11) is 4.08. The lowest BCUT2D eigenvalue weighted by atomic mass is 9.89. The van der Waals surface area contributed by atoms with Crippen molar-refractivity contribution in [2.45, 2.75) is 96.5 Å². The van der Waals surface area contributed by atoms with Gasteiger partial charge in [0.25, 0.3) is 0 Å². The zero-order chi connectivity index (χ0) is 22.2. The molecule has 1 fully saturated rings. The molecule has 0 unspecified atom stereocenters. The summed E-state index contributed by atoms with van der Waals surface area (Å²) >= 11 is 0. The molecule has 0 saturated heterocycles. The Labute approximate surface area is 184 Å². The molecule has 1 aliphatic carbocycles. The number of ketones is 1. The lowest BCUT2D eigenvalue weighted by molar-refractivity contribution is -0.121. The molecule has 0 bridgehead atoms. The standard InChI is InChI=1S/C25H46N2O3/c1-4-5-8-12-22(28)17-15-21-16-18-24(29)23(21)13-9-6-7-10-14-25(30)26-19-11-20-27(2)3/h15,17,21-23,28H,4-14,16,18-20H2,1-3H3,(H,26,30)/t21-,22-,23+/m0/s1. The summed E-state index contributed by atoms with van der Waals surface area (Å²) in [5, 5.41) is 13.1. The third-order valence-corrected chi connectivity index (χ3v) is 6.11. The van der Waals surface area contributed by atoms with Gasteiger partial charge in [0.1, 0.15) is 5.78 Å². The number of allylic oxidation sites excluding steroid dienone is 1. The molecule has 0 heterocycles. The van der Waals surface area contributed by atoms with Crippen LogP contribution in [0.4, 0.5) is 0 Å². The zero-order valence-electron chi connectivity index (χ0n) is 19.7. The number of aliphatic hydroxyl groups excluding tert-OH is 1. The summed E-state index contributed by atoms with van der Waals surface area (Å²) in [6, 6.07) is 0. The van der Waals surface area contributed by atoms with Crippen LogP contribution in [-0.2, 0) is 9.59 Å². The van der Waals surface area contributed by atoms with Crippen molar-refractivity contribution in [3.8, 4) is 0 Å². The highest BCUT2D eigenvalue weighted by molar-refractivity contribution is 5.83. The lowest BCUT2D eigenvalue weighted by Gasteiger charge is -2.15. The number of aliphatic hydroxyl groups is 1. The van der Waals surface area contributed by atoms with Gasteiger partial charge in [-0.2, -0.15) is 0 Å². The fourth-order valence-electron chi connectivity index (χ4n) is 4.23. The highest BCUT2D eigenvalue weighted by Gasteiger charge is 2.32. The minimum absolute atomic E-state index is 0.129. The average Bonchev–Trinajstić information content (AvgIpc) is 3.06. The van der Waals surface area contributed by atoms with Gasteiger partial charge in [-0.05, 0) is 58.7 Å². The van der Waals surface area contributed by atoms with Crippen LogP contribution >= 0.6 is 0 Å². The minimum atomic E-state index is -0.373. The molecule has 5 nitrogen and oxygen atoms in total. The molecule has 5 heteroatoms. The minimum Gasteiger partial charge on any atom is -0.389 e. The van der Waals surface area contributed by atoms with Crippen molar-refractivity contribution in [1.82, 2.24) is 10.2 Å². The van der Waals surface area contributed by atoms with Gasteiger partial charge in [-0.25, -0.2) is 0 Å². The summed E-state index contributed by atoms with van der Waals surface area (Å²) in [5.41, 5.74) is 0. The number of Topliss-reactive ketones (excluding diaryl/α,β-unsaturated/α-hetero) is 1. The summed E-state index contributed by atoms with van der Waals surface area (Å²) in [4.78, 5) is 26.2. The van der Waals surface area contributed by atoms with Crippen molar-refractivity contribution >= 4 is 11.7 Å². The molecule has 30 heavy (non-hydrogen) atoms. The fraction of sp³-hybridized carbons (Fsp3) is 0.840. The van der Waals surface area contributed by atoms with E-state index in [1.165, 1.54) is 0 Å². The Kier molecular flexibility index (Phi) is 14.7. The molecular weight excluding hydrogens is 376 g/mol. The van der Waals surface area contributed by atoms with E-state index in [0.29, 0.717) is 24.5 Å². The first-order chi connectivity index (χ1) is 14.4. The number of hydrogen-bond acceptors (Lipinski definition) is 4. The first-order valence-corrected chi connectivity index (χ1v) is 12.2. The average molecular weight is 423 g/mol. The summed E-state index contributed by atoms with van der Waals surface area (Å²) in [6.45, 7) is 3.91. The van der Waals surface area contributed by atoms with Gasteiger partial charge in [0.05, 0.1) is 6.10 Å². The molecule has 0 aromatic carbocycles. The van der Waals surface area contributed by atoms with Crippen LogP contribution in [0.15, 0.2) is 12.2 Å². The monoisotopic (exact) mass is 422 g/mol. The van der Waals surface area contributed by atoms with E-state index >= 15 is 0 Å². The number of hydrogen-bond donors (Lipinski definition) is 2. The van der Waals surface area contributed by atoms with E-state index in [9.17, 15) is 14.7 Å². The van der Waals surface area contributed by atoms with Crippen LogP contribution in [0, 0.1) is 11.8 Å². The van der Waals surface area contributed by atoms with E-state index in [4.69, 9.17) is 0 Å². The number of nitrogens with one attached hydrogen (secondary N) is 1. The maximum Gasteiger partial charge on any atom is 0.219 e. The normalized spacial score (nSPS) is 20.4. The second kappa shape index (κ2) is 16.5. The third kappa shape index (κ3) is 12.5. The summed E-state index contributed by atoms with van der Waals surface area (Å²) < 4.78 is 0. The molecule has 0 radical (unpaired) electrons. The smallest absolute Gasteiger partial charge is 0.219 e. The molecule has 0 aromatic rings. The molecule has 1 rings (SSSR count). The quantitative estimate of drug-likeness (QED) is 0.268. The van der Waals surface area contributed by atoms with Crippen molar-refractivity contribution in [3.05, 3.63) is 12.2 Å². The molecule has 0 aliphatic heterocycles. The van der Waals surface area contributed by atoms with Crippen molar-refractivity contribution < 1.29 is 14.7 Å². The zero-order valence-corrected chi connectivity index (χ0v) is 19.7. The largest absolute Gasteiger partial charge is 0.389 e. The van der Waals surface area contributed by atoms with Crippen LogP contribution in [0.5, 0.6) is 0 Å². The van der Waals surface area contributed by atoms with E-state index in [-0.39, 0.29) is 17.9 Å². The van der Waals surface area contributed by atoms with Gasteiger partial charge >= 0.3 is 0 Å². The number of nitrogens with zero attached hydrogens (tertiary/aromatic N) is 1. The first-order valence-electron chi connectivity index (χ1n) is 12.2. The lowest BCUT2D eigenvalue weighted by Crippen LogP contribution is -2.26. The van der Waals surface area contributed by atoms with Crippen molar-refractivity contribution in [3.63, 3.8) is 0 Å². The summed E-state index contributed by atoms with van der Waals surface area (Å²) in [5.74, 6) is 0.972. The van der Waals surface area contributed by atoms with Gasteiger partial charge in [-0.15, -0.1) is 0 Å². The SMILES string of the molecule is CCCCC[C@H](O)C=C[C@H]1CCC(=O)[C@@H]1CCCCCCC(=O)NCCCN(C)C. The highest BCUT2D eigenvalue weighted by Crippen LogP contribution is 2.34. The van der Waals surface area contributed by atoms with Crippen molar-refractivity contribution in [1.29, 1.82) is 0 Å². The van der Waals surface area contributed by atoms with E-state index in [0.717, 1.165) is 83.7 Å². The van der Waals surface area contributed by atoms with E-state index in [1.807, 2.05) is 20.2 Å². The van der Waals surface area contributed by atoms with Crippen LogP contribution in [0.3, 0.4) is 0 Å². The maximum absolute atomic E-state index is 12.3. The second-order valence-corrected chi connectivity index (χ2v) is 9.18. The number of carbonyl (C=O) groups is 2. The van der Waals surface area contributed by atoms with E-state index in [2.05, 4.69) is 23.2 Å². The van der Waals surface area contributed by atoms with Gasteiger partial charge in [0, 0.05) is 25.3 Å². The fourth-order valence-corrected chi connectivity index (χ4v) is 4.23. The van der Waals surface area contributed by atoms with Crippen LogP contribution < -0.4 is 5.32 Å². The Bertz CT molecular complexity index is 505. The Morgan fingerprint density at radius 2 is 1.93 bits per heavy atom. The van der Waals surface area contributed by atoms with Gasteiger partial charge in [0.15, 0.2) is 0 Å². The predicted molar refractivity (Wildman–Crippen MR) is 124 cm³/mol. The molecule has 3 atom stereocenters. The molecule has 1 aliphatic rings. The number of rotatable bonds is 17. The molecule has 0 aromatic heterocycles. The molecular formula is C25H46N2O3. The van der Waals surface area contributed by atoms with Crippen molar-refractivity contribution in [2.24, 2.45) is 11.8 Å². The van der Waals surface area contributed by atoms with Gasteiger partial charge in [-0.1, -0.05) is 57.6 Å². The van der Waals surface area contributed by atoms with E-state index < -0.39 is 0 Å². The first kappa shape index (κ1) is 26.8. The summed E-state index contributed by atoms with van der Waals surface area (Å²) in [6.07, 6.45) is 16.1. The van der Waals surface area contributed by atoms with E-state index in [1.54, 1.807) is 0 Å². The maximum atomic E-state index is 12.3. The predicted octanol–water partition coefficient (Wildman–Crippen LogP) is 4.49. The Morgan fingerprint density at radius 3 is 2.67 bits per heavy atom. The van der Waals surface area contributed by atoms with Gasteiger partial charge in [0.2, 0.25) is 5.91 Å². The van der Waals surface area contributed by atoms with Crippen LogP contribution in [0.25, 0.3) is 0 Å². The third-order valence-electron chi connectivity index (χ3n) is 6.11. The highest BCUT2D eigenvalue weighted by atomic mass is 16.3. The van der Waals surface area contributed by atoms with Crippen LogP contribution in [0.1, 0.15) is 90.4 Å². The molecule has 1 saturated carbocycles. The number of carbonyl (C=O) groups excluding carboxylic acids is 2. The Morgan fingerprint density at radius 1 is 1.17 bits per heavy atom.